The van der Waals surface area contributed by atoms with Gasteiger partial charge in [0.25, 0.3) is 5.91 Å². The topological polar surface area (TPSA) is 32.7 Å². The summed E-state index contributed by atoms with van der Waals surface area (Å²) in [4.78, 5) is 11.7. The number of hydrogen-bond donors (Lipinski definition) is 1. The normalized spacial score (nSPS) is 25.7. The van der Waals surface area contributed by atoms with E-state index in [1.54, 1.807) is 14.0 Å². The Hall–Kier alpha value is -1.29. The summed E-state index contributed by atoms with van der Waals surface area (Å²) in [7, 11) is 1.65. The van der Waals surface area contributed by atoms with E-state index >= 15 is 0 Å². The smallest absolute Gasteiger partial charge is 0.264 e. The van der Waals surface area contributed by atoms with Crippen molar-refractivity contribution in [2.24, 2.45) is 5.10 Å². The van der Waals surface area contributed by atoms with Gasteiger partial charge in [0.2, 0.25) is 0 Å². The van der Waals surface area contributed by atoms with Gasteiger partial charge >= 0.3 is 0 Å². The van der Waals surface area contributed by atoms with Crippen molar-refractivity contribution in [2.45, 2.75) is 11.7 Å². The third-order valence-corrected chi connectivity index (χ3v) is 2.87. The van der Waals surface area contributed by atoms with E-state index in [0.29, 0.717) is 5.71 Å². The van der Waals surface area contributed by atoms with Crippen LogP contribution in [0.25, 0.3) is 0 Å². The molecular weight excluding hydrogens is 208 g/mol. The lowest BCUT2D eigenvalue weighted by molar-refractivity contribution is -0.128. The molecular formula is C11H12N2OS. The van der Waals surface area contributed by atoms with E-state index in [1.165, 1.54) is 5.01 Å². The van der Waals surface area contributed by atoms with E-state index in [-0.39, 0.29) is 5.91 Å². The summed E-state index contributed by atoms with van der Waals surface area (Å²) in [6.07, 6.45) is 0. The van der Waals surface area contributed by atoms with Crippen molar-refractivity contribution < 1.29 is 4.79 Å². The maximum Gasteiger partial charge on any atom is 0.264 e. The van der Waals surface area contributed by atoms with Crippen LogP contribution >= 0.6 is 12.6 Å². The van der Waals surface area contributed by atoms with Gasteiger partial charge in [0, 0.05) is 7.05 Å². The molecule has 0 spiro atoms. The summed E-state index contributed by atoms with van der Waals surface area (Å²) in [5.41, 5.74) is 1.65. The maximum atomic E-state index is 11.7. The highest BCUT2D eigenvalue weighted by Gasteiger charge is 2.43. The van der Waals surface area contributed by atoms with Crippen molar-refractivity contribution in [1.82, 2.24) is 5.01 Å². The molecule has 0 radical (unpaired) electrons. The van der Waals surface area contributed by atoms with E-state index in [1.807, 2.05) is 30.3 Å². The van der Waals surface area contributed by atoms with E-state index in [2.05, 4.69) is 17.7 Å². The summed E-state index contributed by atoms with van der Waals surface area (Å²) >= 11 is 4.39. The van der Waals surface area contributed by atoms with Gasteiger partial charge in [-0.2, -0.15) is 17.7 Å². The lowest BCUT2D eigenvalue weighted by Gasteiger charge is -2.16. The SMILES string of the molecule is CN1N=C(c2ccccc2)C(C)(S)C1=O. The molecule has 1 heterocycles. The van der Waals surface area contributed by atoms with Gasteiger partial charge in [-0.05, 0) is 12.5 Å². The molecule has 0 N–H and O–H groups in total. The van der Waals surface area contributed by atoms with Crippen molar-refractivity contribution in [1.29, 1.82) is 0 Å². The predicted molar refractivity (Wildman–Crippen MR) is 63.1 cm³/mol. The quantitative estimate of drug-likeness (QED) is 0.716. The lowest BCUT2D eigenvalue weighted by Crippen LogP contribution is -2.37. The Labute approximate surface area is 94.2 Å². The van der Waals surface area contributed by atoms with Crippen LogP contribution in [-0.4, -0.2) is 28.4 Å². The number of hydrazone groups is 1. The Bertz CT molecular complexity index is 425. The van der Waals surface area contributed by atoms with E-state index < -0.39 is 4.75 Å². The van der Waals surface area contributed by atoms with E-state index in [4.69, 9.17) is 0 Å². The van der Waals surface area contributed by atoms with Gasteiger partial charge in [-0.25, -0.2) is 5.01 Å². The van der Waals surface area contributed by atoms with Crippen LogP contribution in [0.5, 0.6) is 0 Å². The largest absolute Gasteiger partial charge is 0.271 e. The van der Waals surface area contributed by atoms with Gasteiger partial charge in [-0.15, -0.1) is 0 Å². The first-order chi connectivity index (χ1) is 7.03. The minimum Gasteiger partial charge on any atom is -0.271 e. The highest BCUT2D eigenvalue weighted by molar-refractivity contribution is 7.83. The van der Waals surface area contributed by atoms with Crippen molar-refractivity contribution in [3.63, 3.8) is 0 Å². The third kappa shape index (κ3) is 1.55. The number of hydrogen-bond acceptors (Lipinski definition) is 3. The van der Waals surface area contributed by atoms with Crippen LogP contribution in [0.3, 0.4) is 0 Å². The summed E-state index contributed by atoms with van der Waals surface area (Å²) in [6.45, 7) is 1.77. The highest BCUT2D eigenvalue weighted by Crippen LogP contribution is 2.28. The Kier molecular flexibility index (Phi) is 2.31. The van der Waals surface area contributed by atoms with Gasteiger partial charge in [0.15, 0.2) is 0 Å². The summed E-state index contributed by atoms with van der Waals surface area (Å²) in [5, 5.41) is 5.56. The molecule has 0 aromatic heterocycles. The zero-order chi connectivity index (χ0) is 11.1. The zero-order valence-corrected chi connectivity index (χ0v) is 9.53. The van der Waals surface area contributed by atoms with Gasteiger partial charge in [0.05, 0.1) is 5.71 Å². The number of amides is 1. The Morgan fingerprint density at radius 1 is 1.33 bits per heavy atom. The standard InChI is InChI=1S/C11H12N2OS/c1-11(15)9(12-13(2)10(11)14)8-6-4-3-5-7-8/h3-7,15H,1-2H3. The molecule has 0 saturated heterocycles. The average Bonchev–Trinajstić information content (AvgIpc) is 2.43. The molecule has 1 aliphatic rings. The molecule has 1 atom stereocenters. The fourth-order valence-electron chi connectivity index (χ4n) is 1.64. The molecule has 4 heteroatoms. The van der Waals surface area contributed by atoms with Crippen molar-refractivity contribution in [2.75, 3.05) is 7.05 Å². The van der Waals surface area contributed by atoms with Crippen LogP contribution in [-0.2, 0) is 4.79 Å². The second-order valence-electron chi connectivity index (χ2n) is 3.72. The lowest BCUT2D eigenvalue weighted by atomic mass is 9.98. The Morgan fingerprint density at radius 3 is 2.40 bits per heavy atom. The number of thiol groups is 1. The van der Waals surface area contributed by atoms with Crippen LogP contribution in [0, 0.1) is 0 Å². The monoisotopic (exact) mass is 220 g/mol. The molecule has 0 fully saturated rings. The Morgan fingerprint density at radius 2 is 1.93 bits per heavy atom. The number of benzene rings is 1. The summed E-state index contributed by atoms with van der Waals surface area (Å²) in [5.74, 6) is -0.0929. The molecule has 3 nitrogen and oxygen atoms in total. The van der Waals surface area contributed by atoms with Crippen LogP contribution in [0.15, 0.2) is 35.4 Å². The number of carbonyl (C=O) groups excluding carboxylic acids is 1. The molecule has 1 aromatic carbocycles. The van der Waals surface area contributed by atoms with Crippen LogP contribution in [0.2, 0.25) is 0 Å². The number of nitrogens with zero attached hydrogens (tertiary/aromatic N) is 2. The number of rotatable bonds is 1. The molecule has 0 aliphatic carbocycles. The minimum atomic E-state index is -0.823. The van der Waals surface area contributed by atoms with Crippen molar-refractivity contribution in [3.8, 4) is 0 Å². The van der Waals surface area contributed by atoms with Crippen LogP contribution in [0.4, 0.5) is 0 Å². The molecule has 1 aliphatic heterocycles. The molecule has 2 rings (SSSR count). The van der Waals surface area contributed by atoms with E-state index in [0.717, 1.165) is 5.56 Å². The fourth-order valence-corrected chi connectivity index (χ4v) is 1.96. The maximum absolute atomic E-state index is 11.7. The third-order valence-electron chi connectivity index (χ3n) is 2.47. The first-order valence-corrected chi connectivity index (χ1v) is 5.13. The van der Waals surface area contributed by atoms with Crippen LogP contribution < -0.4 is 0 Å². The Balaban J connectivity index is 2.48. The minimum absolute atomic E-state index is 0.0929. The van der Waals surface area contributed by atoms with Gasteiger partial charge in [0.1, 0.15) is 4.75 Å². The van der Waals surface area contributed by atoms with Gasteiger partial charge in [-0.3, -0.25) is 4.79 Å². The average molecular weight is 220 g/mol. The first kappa shape index (κ1) is 10.2. The molecule has 15 heavy (non-hydrogen) atoms. The zero-order valence-electron chi connectivity index (χ0n) is 8.64. The predicted octanol–water partition coefficient (Wildman–Crippen LogP) is 1.55. The molecule has 1 amide bonds. The molecule has 0 saturated carbocycles. The van der Waals surface area contributed by atoms with Gasteiger partial charge in [-0.1, -0.05) is 30.3 Å². The second kappa shape index (κ2) is 3.38. The second-order valence-corrected chi connectivity index (χ2v) is 4.61. The molecule has 1 aromatic rings. The fraction of sp³-hybridized carbons (Fsp3) is 0.273. The molecule has 1 unspecified atom stereocenters. The highest BCUT2D eigenvalue weighted by atomic mass is 32.1. The summed E-state index contributed by atoms with van der Waals surface area (Å²) < 4.78 is -0.823. The summed E-state index contributed by atoms with van der Waals surface area (Å²) in [6, 6.07) is 9.63. The van der Waals surface area contributed by atoms with Crippen molar-refractivity contribution >= 4 is 24.2 Å². The van der Waals surface area contributed by atoms with E-state index in [9.17, 15) is 4.79 Å². The number of carbonyl (C=O) groups is 1. The van der Waals surface area contributed by atoms with Gasteiger partial charge < -0.3 is 0 Å². The van der Waals surface area contributed by atoms with Crippen molar-refractivity contribution in [3.05, 3.63) is 35.9 Å². The molecule has 0 bridgehead atoms. The molecule has 78 valence electrons. The van der Waals surface area contributed by atoms with Crippen LogP contribution in [0.1, 0.15) is 12.5 Å². The first-order valence-electron chi connectivity index (χ1n) is 4.68.